The van der Waals surface area contributed by atoms with Gasteiger partial charge in [0.1, 0.15) is 12.1 Å². The highest BCUT2D eigenvalue weighted by Crippen LogP contribution is 2.61. The lowest BCUT2D eigenvalue weighted by atomic mass is 10.3. The topological polar surface area (TPSA) is 157 Å². The van der Waals surface area contributed by atoms with Crippen molar-refractivity contribution in [2.45, 2.75) is 21.3 Å². The van der Waals surface area contributed by atoms with Crippen LogP contribution < -0.4 is 5.73 Å². The maximum atomic E-state index is 12.0. The second kappa shape index (κ2) is 17.6. The minimum atomic E-state index is -3.22. The molecule has 0 saturated carbocycles. The Bertz CT molecular complexity index is 1810. The molecule has 0 aliphatic heterocycles. The SMILES string of the molecule is C.CCOC(=O)c1cc(N)n(-c2cccc(Br)c2)n1.CCOC(=O)c1nn(-c2cccc(Br)c2)c2ncncc12.O=P(Cl)(Cl)Cl. The second-order valence-electron chi connectivity index (χ2n) is 8.19. The minimum absolute atomic E-state index is 0. The molecule has 0 radical (unpaired) electrons. The highest BCUT2D eigenvalue weighted by Gasteiger charge is 2.20. The van der Waals surface area contributed by atoms with Gasteiger partial charge >= 0.3 is 17.1 Å². The summed E-state index contributed by atoms with van der Waals surface area (Å²) in [5, 5.41) is 5.82. The third-order valence-electron chi connectivity index (χ3n) is 5.14. The number of halogens is 5. The van der Waals surface area contributed by atoms with E-state index in [4.69, 9.17) is 15.2 Å². The first-order valence-corrected chi connectivity index (χ1v) is 18.4. The lowest BCUT2D eigenvalue weighted by Crippen LogP contribution is -2.07. The number of nitrogens with two attached hydrogens (primary N) is 1. The first kappa shape index (κ1) is 38.2. The fourth-order valence-electron chi connectivity index (χ4n) is 3.51. The Labute approximate surface area is 290 Å². The Morgan fingerprint density at radius 2 is 1.42 bits per heavy atom. The summed E-state index contributed by atoms with van der Waals surface area (Å²) in [6.07, 6.45) is 2.99. The molecule has 45 heavy (non-hydrogen) atoms. The average molecular weight is 827 g/mol. The van der Waals surface area contributed by atoms with E-state index in [1.807, 2.05) is 48.5 Å². The maximum Gasteiger partial charge on any atom is 0.359 e. The quantitative estimate of drug-likeness (QED) is 0.130. The number of carbonyl (C=O) groups is 2. The zero-order valence-corrected chi connectivity index (χ0v) is 29.2. The Morgan fingerprint density at radius 3 is 1.96 bits per heavy atom. The summed E-state index contributed by atoms with van der Waals surface area (Å²) in [7, 11) is 0. The van der Waals surface area contributed by atoms with Crippen molar-refractivity contribution in [3.05, 3.63) is 87.5 Å². The van der Waals surface area contributed by atoms with Gasteiger partial charge in [-0.25, -0.2) is 28.9 Å². The van der Waals surface area contributed by atoms with E-state index in [0.717, 1.165) is 20.3 Å². The van der Waals surface area contributed by atoms with Gasteiger partial charge in [0.05, 0.1) is 30.0 Å². The van der Waals surface area contributed by atoms with Crippen molar-refractivity contribution in [2.75, 3.05) is 18.9 Å². The van der Waals surface area contributed by atoms with Crippen LogP contribution in [0.1, 0.15) is 42.3 Å². The predicted molar refractivity (Wildman–Crippen MR) is 184 cm³/mol. The van der Waals surface area contributed by atoms with E-state index in [-0.39, 0.29) is 25.4 Å². The first-order valence-electron chi connectivity index (χ1n) is 12.4. The summed E-state index contributed by atoms with van der Waals surface area (Å²) in [4.78, 5) is 31.7. The van der Waals surface area contributed by atoms with E-state index < -0.39 is 17.1 Å². The van der Waals surface area contributed by atoms with Gasteiger partial charge in [0.15, 0.2) is 17.0 Å². The fraction of sp³-hybridized carbons (Fsp3) is 0.185. The molecule has 0 aliphatic carbocycles. The van der Waals surface area contributed by atoms with Crippen molar-refractivity contribution in [1.29, 1.82) is 0 Å². The van der Waals surface area contributed by atoms with Crippen molar-refractivity contribution in [3.63, 3.8) is 0 Å². The number of hydrogen-bond acceptors (Lipinski definition) is 10. The van der Waals surface area contributed by atoms with Gasteiger partial charge in [-0.3, -0.25) is 4.57 Å². The van der Waals surface area contributed by atoms with Gasteiger partial charge in [-0.1, -0.05) is 51.4 Å². The van der Waals surface area contributed by atoms with E-state index in [1.165, 1.54) is 17.1 Å². The van der Waals surface area contributed by atoms with Crippen molar-refractivity contribution >= 4 is 99.6 Å². The van der Waals surface area contributed by atoms with Crippen LogP contribution in [0.15, 0.2) is 76.1 Å². The molecule has 3 heterocycles. The zero-order chi connectivity index (χ0) is 32.4. The first-order chi connectivity index (χ1) is 20.8. The van der Waals surface area contributed by atoms with Crippen molar-refractivity contribution in [1.82, 2.24) is 29.5 Å². The van der Waals surface area contributed by atoms with Crippen LogP contribution in [0.2, 0.25) is 0 Å². The van der Waals surface area contributed by atoms with Crippen molar-refractivity contribution in [2.24, 2.45) is 0 Å². The molecule has 0 aliphatic rings. The maximum absolute atomic E-state index is 12.0. The van der Waals surface area contributed by atoms with Gasteiger partial charge in [0.25, 0.3) is 0 Å². The summed E-state index contributed by atoms with van der Waals surface area (Å²) < 4.78 is 24.3. The number of aromatic nitrogens is 6. The molecule has 0 amide bonds. The Kier molecular flexibility index (Phi) is 15.0. The third kappa shape index (κ3) is 11.4. The fourth-order valence-corrected chi connectivity index (χ4v) is 4.29. The molecule has 18 heteroatoms. The zero-order valence-electron chi connectivity index (χ0n) is 22.9. The molecular weight excluding hydrogens is 799 g/mol. The summed E-state index contributed by atoms with van der Waals surface area (Å²) in [6.45, 7) is 4.09. The number of benzene rings is 2. The molecule has 2 aromatic carbocycles. The van der Waals surface area contributed by atoms with E-state index in [9.17, 15) is 14.2 Å². The lowest BCUT2D eigenvalue weighted by molar-refractivity contribution is 0.0510. The summed E-state index contributed by atoms with van der Waals surface area (Å²) in [6, 6.07) is 16.5. The summed E-state index contributed by atoms with van der Waals surface area (Å²) >= 11 is 20.6. The molecule has 2 N–H and O–H groups in total. The van der Waals surface area contributed by atoms with Crippen molar-refractivity contribution in [3.8, 4) is 11.4 Å². The average Bonchev–Trinajstić information content (AvgIpc) is 3.54. The summed E-state index contributed by atoms with van der Waals surface area (Å²) in [5.74, 6) is -0.569. The highest BCUT2D eigenvalue weighted by molar-refractivity contribution is 9.10. The molecule has 0 fully saturated rings. The van der Waals surface area contributed by atoms with Crippen molar-refractivity contribution < 1.29 is 23.6 Å². The number of nitrogen functional groups attached to an aromatic ring is 1. The number of nitrogens with zero attached hydrogens (tertiary/aromatic N) is 6. The lowest BCUT2D eigenvalue weighted by Gasteiger charge is -2.03. The molecule has 240 valence electrons. The monoisotopic (exact) mass is 823 g/mol. The Hall–Kier alpha value is -3.00. The van der Waals surface area contributed by atoms with Crippen LogP contribution >= 0.6 is 70.8 Å². The number of esters is 2. The number of rotatable bonds is 6. The van der Waals surface area contributed by atoms with Gasteiger partial charge in [-0.05, 0) is 84.0 Å². The van der Waals surface area contributed by atoms with Crippen LogP contribution in [0.5, 0.6) is 0 Å². The van der Waals surface area contributed by atoms with Crippen LogP contribution in [0.25, 0.3) is 22.4 Å². The van der Waals surface area contributed by atoms with Gasteiger partial charge < -0.3 is 15.2 Å². The van der Waals surface area contributed by atoms with Gasteiger partial charge in [0, 0.05) is 21.2 Å². The van der Waals surface area contributed by atoms with Gasteiger partial charge in [0.2, 0.25) is 0 Å². The standard InChI is InChI=1S/C14H11BrN4O2.C12H12BrN3O2.CH4.Cl3OP/c1-2-21-14(20)12-11-7-16-8-17-13(11)19(18-12)10-5-3-4-9(15)6-10;1-2-18-12(17)10-7-11(14)16(15-10)9-5-3-4-8(13)6-9;;1-5(2,3)4/h3-8H,2H2,1H3;3-7H,2,14H2,1H3;1H4;. The Morgan fingerprint density at radius 1 is 0.889 bits per heavy atom. The largest absolute Gasteiger partial charge is 0.461 e. The predicted octanol–water partition coefficient (Wildman–Crippen LogP) is 8.60. The number of hydrogen-bond donors (Lipinski definition) is 1. The van der Waals surface area contributed by atoms with E-state index in [0.29, 0.717) is 23.5 Å². The van der Waals surface area contributed by atoms with E-state index >= 15 is 0 Å². The van der Waals surface area contributed by atoms with Crippen LogP contribution in [0, 0.1) is 0 Å². The van der Waals surface area contributed by atoms with Crippen LogP contribution in [0.4, 0.5) is 5.82 Å². The van der Waals surface area contributed by atoms with E-state index in [2.05, 4.69) is 85.7 Å². The van der Waals surface area contributed by atoms with Crippen LogP contribution in [-0.4, -0.2) is 54.7 Å². The third-order valence-corrected chi connectivity index (χ3v) is 6.13. The smallest absolute Gasteiger partial charge is 0.359 e. The number of anilines is 1. The van der Waals surface area contributed by atoms with Gasteiger partial charge in [-0.15, -0.1) is 0 Å². The second-order valence-corrected chi connectivity index (χ2v) is 16.7. The van der Waals surface area contributed by atoms with Crippen LogP contribution in [0.3, 0.4) is 0 Å². The molecule has 0 unspecified atom stereocenters. The summed E-state index contributed by atoms with van der Waals surface area (Å²) in [5.41, 5.74) is 8.38. The molecule has 12 nitrogen and oxygen atoms in total. The highest BCUT2D eigenvalue weighted by atomic mass is 79.9. The minimum Gasteiger partial charge on any atom is -0.461 e. The molecule has 5 rings (SSSR count). The van der Waals surface area contributed by atoms with Gasteiger partial charge in [-0.2, -0.15) is 10.2 Å². The Balaban J connectivity index is 0.000000270. The molecule has 0 saturated heterocycles. The molecular formula is C27H27Br2Cl3N7O5P. The molecule has 0 bridgehead atoms. The molecule has 3 aromatic heterocycles. The molecule has 5 aromatic rings. The molecule has 0 spiro atoms. The molecule has 0 atom stereocenters. The van der Waals surface area contributed by atoms with Crippen LogP contribution in [-0.2, 0) is 14.0 Å². The number of fused-ring (bicyclic) bond motifs is 1. The number of ether oxygens (including phenoxy) is 2. The van der Waals surface area contributed by atoms with E-state index in [1.54, 1.807) is 24.7 Å². The number of carbonyl (C=O) groups excluding carboxylic acids is 2. The normalized spacial score (nSPS) is 10.5.